The van der Waals surface area contributed by atoms with Gasteiger partial charge in [-0.3, -0.25) is 19.3 Å². The van der Waals surface area contributed by atoms with Gasteiger partial charge < -0.3 is 19.6 Å². The van der Waals surface area contributed by atoms with Crippen molar-refractivity contribution in [3.8, 4) is 11.5 Å². The number of aryl methyl sites for hydroxylation is 1. The Morgan fingerprint density at radius 1 is 1.08 bits per heavy atom. The fraction of sp³-hybridized carbons (Fsp3) is 0.148. The quantitative estimate of drug-likeness (QED) is 0.417. The molecule has 36 heavy (non-hydrogen) atoms. The van der Waals surface area contributed by atoms with Crippen LogP contribution in [0.15, 0.2) is 69.9 Å². The summed E-state index contributed by atoms with van der Waals surface area (Å²) in [6.07, 6.45) is 0. The summed E-state index contributed by atoms with van der Waals surface area (Å²) in [5, 5.41) is 0.704. The monoisotopic (exact) mass is 504 g/mol. The first-order valence-corrected chi connectivity index (χ1v) is 11.4. The molecule has 9 heteroatoms. The van der Waals surface area contributed by atoms with Crippen LogP contribution in [0.2, 0.25) is 5.02 Å². The average molecular weight is 505 g/mol. The van der Waals surface area contributed by atoms with Gasteiger partial charge in [0.25, 0.3) is 11.8 Å². The van der Waals surface area contributed by atoms with Gasteiger partial charge in [-0.05, 0) is 55.0 Å². The van der Waals surface area contributed by atoms with Gasteiger partial charge in [0, 0.05) is 5.69 Å². The highest BCUT2D eigenvalue weighted by atomic mass is 35.5. The number of primary amides is 1. The third-order valence-corrected chi connectivity index (χ3v) is 6.31. The summed E-state index contributed by atoms with van der Waals surface area (Å²) in [6.45, 7) is 1.61. The van der Waals surface area contributed by atoms with Gasteiger partial charge in [-0.15, -0.1) is 0 Å². The molecule has 8 nitrogen and oxygen atoms in total. The lowest BCUT2D eigenvalue weighted by Gasteiger charge is -2.26. The van der Waals surface area contributed by atoms with E-state index in [1.807, 2.05) is 13.0 Å². The van der Waals surface area contributed by atoms with E-state index in [4.69, 9.17) is 31.2 Å². The maximum Gasteiger partial charge on any atom is 0.295 e. The second-order valence-electron chi connectivity index (χ2n) is 8.39. The molecule has 182 valence electrons. The SMILES string of the molecule is COc1ccc(N2C(=O)c3oc4ccc(C)cc4c(=O)c3C2c2ccc(OCC(N)=O)cc2)cc1Cl. The third kappa shape index (κ3) is 3.95. The Labute approximate surface area is 210 Å². The molecule has 0 radical (unpaired) electrons. The van der Waals surface area contributed by atoms with Crippen LogP contribution in [-0.2, 0) is 4.79 Å². The molecule has 2 heterocycles. The van der Waals surface area contributed by atoms with Crippen molar-refractivity contribution >= 4 is 40.1 Å². The molecule has 1 aliphatic rings. The van der Waals surface area contributed by atoms with Gasteiger partial charge in [-0.1, -0.05) is 35.4 Å². The predicted octanol–water partition coefficient (Wildman–Crippen LogP) is 4.38. The fourth-order valence-electron chi connectivity index (χ4n) is 4.37. The van der Waals surface area contributed by atoms with Crippen LogP contribution >= 0.6 is 11.6 Å². The minimum absolute atomic E-state index is 0.0256. The largest absolute Gasteiger partial charge is 0.495 e. The van der Waals surface area contributed by atoms with E-state index in [2.05, 4.69) is 0 Å². The summed E-state index contributed by atoms with van der Waals surface area (Å²) in [5.74, 6) is -0.223. The lowest BCUT2D eigenvalue weighted by molar-refractivity contribution is -0.119. The van der Waals surface area contributed by atoms with E-state index in [0.717, 1.165) is 5.56 Å². The number of fused-ring (bicyclic) bond motifs is 2. The molecule has 5 rings (SSSR count). The van der Waals surface area contributed by atoms with Gasteiger partial charge in [-0.2, -0.15) is 0 Å². The van der Waals surface area contributed by atoms with Crippen LogP contribution in [-0.4, -0.2) is 25.5 Å². The van der Waals surface area contributed by atoms with E-state index in [-0.39, 0.29) is 23.4 Å². The Hall–Kier alpha value is -4.30. The first kappa shape index (κ1) is 23.4. The van der Waals surface area contributed by atoms with Crippen LogP contribution < -0.4 is 25.5 Å². The Bertz CT molecular complexity index is 1580. The van der Waals surface area contributed by atoms with Crippen molar-refractivity contribution in [2.24, 2.45) is 5.73 Å². The van der Waals surface area contributed by atoms with Crippen molar-refractivity contribution in [2.75, 3.05) is 18.6 Å². The van der Waals surface area contributed by atoms with Gasteiger partial charge in [-0.25, -0.2) is 0 Å². The molecule has 3 aromatic carbocycles. The number of anilines is 1. The molecule has 0 saturated carbocycles. The zero-order valence-corrected chi connectivity index (χ0v) is 20.2. The smallest absolute Gasteiger partial charge is 0.295 e. The normalized spacial score (nSPS) is 14.7. The number of amides is 2. The number of ether oxygens (including phenoxy) is 2. The maximum atomic E-state index is 13.7. The zero-order valence-electron chi connectivity index (χ0n) is 19.4. The molecule has 1 unspecified atom stereocenters. The van der Waals surface area contributed by atoms with Crippen molar-refractivity contribution in [1.29, 1.82) is 0 Å². The van der Waals surface area contributed by atoms with Gasteiger partial charge in [0.2, 0.25) is 5.76 Å². The topological polar surface area (TPSA) is 112 Å². The highest BCUT2D eigenvalue weighted by Crippen LogP contribution is 2.43. The molecule has 2 N–H and O–H groups in total. The van der Waals surface area contributed by atoms with Crippen molar-refractivity contribution < 1.29 is 23.5 Å². The summed E-state index contributed by atoms with van der Waals surface area (Å²) < 4.78 is 16.6. The van der Waals surface area contributed by atoms with Crippen molar-refractivity contribution in [2.45, 2.75) is 13.0 Å². The van der Waals surface area contributed by atoms with E-state index in [0.29, 0.717) is 38.7 Å². The first-order chi connectivity index (χ1) is 17.3. The molecule has 1 aliphatic heterocycles. The molecule has 0 spiro atoms. The Kier molecular flexibility index (Phi) is 5.89. The number of nitrogens with zero attached hydrogens (tertiary/aromatic N) is 1. The van der Waals surface area contributed by atoms with E-state index >= 15 is 0 Å². The zero-order chi connectivity index (χ0) is 25.6. The summed E-state index contributed by atoms with van der Waals surface area (Å²) in [5.41, 5.74) is 7.43. The summed E-state index contributed by atoms with van der Waals surface area (Å²) in [7, 11) is 1.50. The highest BCUT2D eigenvalue weighted by molar-refractivity contribution is 6.32. The Morgan fingerprint density at radius 2 is 1.83 bits per heavy atom. The van der Waals surface area contributed by atoms with Crippen LogP contribution in [0.3, 0.4) is 0 Å². The number of carbonyl (C=O) groups is 2. The third-order valence-electron chi connectivity index (χ3n) is 6.02. The van der Waals surface area contributed by atoms with Crippen molar-refractivity contribution in [3.63, 3.8) is 0 Å². The molecular weight excluding hydrogens is 484 g/mol. The van der Waals surface area contributed by atoms with E-state index in [1.54, 1.807) is 54.6 Å². The lowest BCUT2D eigenvalue weighted by atomic mass is 9.97. The molecule has 1 aromatic heterocycles. The Morgan fingerprint density at radius 3 is 2.50 bits per heavy atom. The van der Waals surface area contributed by atoms with E-state index in [9.17, 15) is 14.4 Å². The van der Waals surface area contributed by atoms with Crippen LogP contribution in [0.5, 0.6) is 11.5 Å². The number of hydrogen-bond acceptors (Lipinski definition) is 6. The van der Waals surface area contributed by atoms with Crippen molar-refractivity contribution in [3.05, 3.63) is 98.4 Å². The standard InChI is InChI=1S/C27H21ClN2O6/c1-14-3-9-20-18(11-14)25(32)23-24(15-4-7-17(8-5-15)35-13-22(29)31)30(27(33)26(23)36-20)16-6-10-21(34-2)19(28)12-16/h3-12,24H,13H2,1-2H3,(H2,29,31). The maximum absolute atomic E-state index is 13.7. The minimum atomic E-state index is -0.789. The summed E-state index contributed by atoms with van der Waals surface area (Å²) >= 11 is 6.37. The number of rotatable bonds is 6. The molecule has 0 bridgehead atoms. The summed E-state index contributed by atoms with van der Waals surface area (Å²) in [4.78, 5) is 40.0. The summed E-state index contributed by atoms with van der Waals surface area (Å²) in [6, 6.07) is 16.2. The van der Waals surface area contributed by atoms with Crippen LogP contribution in [0, 0.1) is 6.92 Å². The molecule has 2 amide bonds. The number of carbonyl (C=O) groups excluding carboxylic acids is 2. The van der Waals surface area contributed by atoms with Crippen LogP contribution in [0.4, 0.5) is 5.69 Å². The van der Waals surface area contributed by atoms with Crippen molar-refractivity contribution in [1.82, 2.24) is 0 Å². The average Bonchev–Trinajstić information content (AvgIpc) is 3.16. The molecule has 0 fully saturated rings. The number of benzene rings is 3. The molecule has 0 saturated heterocycles. The number of methoxy groups -OCH3 is 1. The number of nitrogens with two attached hydrogens (primary N) is 1. The predicted molar refractivity (Wildman–Crippen MR) is 135 cm³/mol. The highest BCUT2D eigenvalue weighted by Gasteiger charge is 2.43. The Balaban J connectivity index is 1.70. The molecule has 1 atom stereocenters. The van der Waals surface area contributed by atoms with Gasteiger partial charge in [0.05, 0.1) is 29.1 Å². The second-order valence-corrected chi connectivity index (χ2v) is 8.80. The van der Waals surface area contributed by atoms with E-state index in [1.165, 1.54) is 12.0 Å². The van der Waals surface area contributed by atoms with E-state index < -0.39 is 17.9 Å². The molecule has 0 aliphatic carbocycles. The molecular formula is C27H21ClN2O6. The number of hydrogen-bond donors (Lipinski definition) is 1. The lowest BCUT2D eigenvalue weighted by Crippen LogP contribution is -2.29. The van der Waals surface area contributed by atoms with Gasteiger partial charge in [0.1, 0.15) is 17.1 Å². The van der Waals surface area contributed by atoms with Crippen LogP contribution in [0.1, 0.15) is 33.3 Å². The van der Waals surface area contributed by atoms with Crippen LogP contribution in [0.25, 0.3) is 11.0 Å². The number of halogens is 1. The van der Waals surface area contributed by atoms with Gasteiger partial charge in [0.15, 0.2) is 12.0 Å². The second kappa shape index (κ2) is 9.05. The molecule has 4 aromatic rings. The fourth-order valence-corrected chi connectivity index (χ4v) is 4.63. The minimum Gasteiger partial charge on any atom is -0.495 e. The first-order valence-electron chi connectivity index (χ1n) is 11.0. The van der Waals surface area contributed by atoms with Gasteiger partial charge >= 0.3 is 0 Å².